The van der Waals surface area contributed by atoms with Crippen molar-refractivity contribution in [1.82, 2.24) is 19.1 Å². The number of rotatable bonds is 6. The number of aryl methyl sites for hydroxylation is 1. The molecule has 9 heteroatoms. The molecule has 1 aromatic carbocycles. The molecule has 1 N–H and O–H groups in total. The van der Waals surface area contributed by atoms with Crippen LogP contribution in [-0.2, 0) is 10.0 Å². The van der Waals surface area contributed by atoms with E-state index in [1.165, 1.54) is 13.8 Å². The molecule has 2 aromatic heterocycles. The Bertz CT molecular complexity index is 1040. The average Bonchev–Trinajstić information content (AvgIpc) is 3.22. The lowest BCUT2D eigenvalue weighted by Gasteiger charge is -2.16. The molecule has 1 atom stereocenters. The lowest BCUT2D eigenvalue weighted by Crippen LogP contribution is -2.28. The van der Waals surface area contributed by atoms with Gasteiger partial charge < -0.3 is 4.57 Å². The third-order valence-electron chi connectivity index (χ3n) is 4.32. The van der Waals surface area contributed by atoms with Gasteiger partial charge in [-0.2, -0.15) is 13.9 Å². The second-order valence-electron chi connectivity index (χ2n) is 6.25. The quantitative estimate of drug-likeness (QED) is 0.693. The highest BCUT2D eigenvalue weighted by atomic mass is 32.2. The summed E-state index contributed by atoms with van der Waals surface area (Å²) in [7, 11) is -4.02. The summed E-state index contributed by atoms with van der Waals surface area (Å²) in [6.45, 7) is 1.52. The van der Waals surface area contributed by atoms with Crippen LogP contribution in [0.25, 0.3) is 5.69 Å². The van der Waals surface area contributed by atoms with Crippen LogP contribution in [-0.4, -0.2) is 22.8 Å². The van der Waals surface area contributed by atoms with Gasteiger partial charge >= 0.3 is 6.55 Å². The lowest BCUT2D eigenvalue weighted by atomic mass is 10.1. The standard InChI is InChI=1S/C18H20F2N4O2S/c1-12(15-7-6-8-16(11-15)23-9-4-5-10-23)22-27(25,26)17-13(2)21-24(14(17)3)18(19)20/h4-12,18,22H,1-3H3/t12-/m1/s1. The Hall–Kier alpha value is -2.52. The minimum absolute atomic E-state index is 0.0357. The van der Waals surface area contributed by atoms with Gasteiger partial charge in [-0.15, -0.1) is 0 Å². The van der Waals surface area contributed by atoms with Gasteiger partial charge in [0.25, 0.3) is 0 Å². The zero-order valence-corrected chi connectivity index (χ0v) is 15.9. The molecule has 0 fully saturated rings. The summed E-state index contributed by atoms with van der Waals surface area (Å²) < 4.78 is 56.5. The van der Waals surface area contributed by atoms with E-state index in [0.717, 1.165) is 11.3 Å². The van der Waals surface area contributed by atoms with Crippen molar-refractivity contribution in [3.63, 3.8) is 0 Å². The van der Waals surface area contributed by atoms with Crippen LogP contribution < -0.4 is 4.72 Å². The van der Waals surface area contributed by atoms with Crippen molar-refractivity contribution >= 4 is 10.0 Å². The van der Waals surface area contributed by atoms with E-state index in [9.17, 15) is 17.2 Å². The maximum Gasteiger partial charge on any atom is 0.333 e. The van der Waals surface area contributed by atoms with Gasteiger partial charge in [0, 0.05) is 24.1 Å². The van der Waals surface area contributed by atoms with Gasteiger partial charge in [0.05, 0.1) is 11.4 Å². The Kier molecular flexibility index (Phi) is 5.16. The topological polar surface area (TPSA) is 68.9 Å². The van der Waals surface area contributed by atoms with E-state index in [1.807, 2.05) is 53.4 Å². The zero-order valence-electron chi connectivity index (χ0n) is 15.1. The molecular weight excluding hydrogens is 374 g/mol. The van der Waals surface area contributed by atoms with E-state index >= 15 is 0 Å². The van der Waals surface area contributed by atoms with Gasteiger partial charge in [-0.1, -0.05) is 12.1 Å². The highest BCUT2D eigenvalue weighted by Gasteiger charge is 2.28. The molecule has 144 valence electrons. The summed E-state index contributed by atoms with van der Waals surface area (Å²) in [5.41, 5.74) is 1.58. The number of hydrogen-bond acceptors (Lipinski definition) is 3. The molecule has 0 aliphatic heterocycles. The molecule has 0 unspecified atom stereocenters. The second-order valence-corrected chi connectivity index (χ2v) is 7.90. The first-order valence-corrected chi connectivity index (χ1v) is 9.78. The largest absolute Gasteiger partial charge is 0.333 e. The number of nitrogens with one attached hydrogen (secondary N) is 1. The van der Waals surface area contributed by atoms with Crippen molar-refractivity contribution in [2.24, 2.45) is 0 Å². The van der Waals surface area contributed by atoms with E-state index in [2.05, 4.69) is 9.82 Å². The third-order valence-corrected chi connectivity index (χ3v) is 6.11. The number of sulfonamides is 1. The van der Waals surface area contributed by atoms with Gasteiger partial charge in [-0.3, -0.25) is 0 Å². The summed E-state index contributed by atoms with van der Waals surface area (Å²) >= 11 is 0. The van der Waals surface area contributed by atoms with Crippen molar-refractivity contribution in [3.05, 3.63) is 65.7 Å². The number of halogens is 2. The SMILES string of the molecule is Cc1nn(C(F)F)c(C)c1S(=O)(=O)N[C@H](C)c1cccc(-n2cccc2)c1. The molecule has 27 heavy (non-hydrogen) atoms. The first-order valence-electron chi connectivity index (χ1n) is 8.30. The molecule has 0 aliphatic carbocycles. The van der Waals surface area contributed by atoms with Gasteiger partial charge in [0.2, 0.25) is 10.0 Å². The van der Waals surface area contributed by atoms with Crippen LogP contribution in [0.5, 0.6) is 0 Å². The molecule has 0 spiro atoms. The van der Waals surface area contributed by atoms with Gasteiger partial charge in [-0.05, 0) is 50.6 Å². The van der Waals surface area contributed by atoms with E-state index < -0.39 is 22.6 Å². The van der Waals surface area contributed by atoms with Crippen molar-refractivity contribution in [3.8, 4) is 5.69 Å². The molecule has 3 aromatic rings. The first kappa shape index (κ1) is 19.2. The maximum atomic E-state index is 13.0. The predicted octanol–water partition coefficient (Wildman–Crippen LogP) is 3.73. The monoisotopic (exact) mass is 394 g/mol. The minimum atomic E-state index is -4.02. The number of benzene rings is 1. The second kappa shape index (κ2) is 7.24. The molecule has 0 saturated carbocycles. The molecule has 0 radical (unpaired) electrons. The van der Waals surface area contributed by atoms with Gasteiger partial charge in [0.15, 0.2) is 0 Å². The number of hydrogen-bond donors (Lipinski definition) is 1. The minimum Gasteiger partial charge on any atom is -0.324 e. The van der Waals surface area contributed by atoms with E-state index in [1.54, 1.807) is 6.92 Å². The van der Waals surface area contributed by atoms with Crippen molar-refractivity contribution < 1.29 is 17.2 Å². The molecular formula is C18H20F2N4O2S. The van der Waals surface area contributed by atoms with Crippen LogP contribution in [0.1, 0.15) is 36.5 Å². The van der Waals surface area contributed by atoms with Crippen LogP contribution in [0.15, 0.2) is 53.7 Å². The highest BCUT2D eigenvalue weighted by Crippen LogP contribution is 2.26. The molecule has 3 rings (SSSR count). The van der Waals surface area contributed by atoms with Gasteiger partial charge in [-0.25, -0.2) is 17.8 Å². The average molecular weight is 394 g/mol. The summed E-state index contributed by atoms with van der Waals surface area (Å²) in [6, 6.07) is 10.7. The third kappa shape index (κ3) is 3.79. The summed E-state index contributed by atoms with van der Waals surface area (Å²) in [4.78, 5) is -0.212. The van der Waals surface area contributed by atoms with Crippen LogP contribution in [0, 0.1) is 13.8 Å². The smallest absolute Gasteiger partial charge is 0.324 e. The molecule has 0 saturated heterocycles. The normalized spacial score (nSPS) is 13.3. The molecule has 0 bridgehead atoms. The van der Waals surface area contributed by atoms with Crippen LogP contribution >= 0.6 is 0 Å². The van der Waals surface area contributed by atoms with Crippen molar-refractivity contribution in [2.45, 2.75) is 38.3 Å². The van der Waals surface area contributed by atoms with Crippen molar-refractivity contribution in [2.75, 3.05) is 0 Å². The molecule has 6 nitrogen and oxygen atoms in total. The molecule has 0 aliphatic rings. The van der Waals surface area contributed by atoms with Crippen LogP contribution in [0.3, 0.4) is 0 Å². The van der Waals surface area contributed by atoms with Crippen LogP contribution in [0.4, 0.5) is 8.78 Å². The summed E-state index contributed by atoms with van der Waals surface area (Å²) in [5.74, 6) is 0. The Morgan fingerprint density at radius 2 is 1.78 bits per heavy atom. The Labute approximate surface area is 156 Å². The first-order chi connectivity index (χ1) is 12.7. The Morgan fingerprint density at radius 1 is 1.11 bits per heavy atom. The number of aromatic nitrogens is 3. The zero-order chi connectivity index (χ0) is 19.8. The summed E-state index contributed by atoms with van der Waals surface area (Å²) in [5, 5.41) is 3.65. The van der Waals surface area contributed by atoms with E-state index in [0.29, 0.717) is 4.68 Å². The van der Waals surface area contributed by atoms with E-state index in [4.69, 9.17) is 0 Å². The fraction of sp³-hybridized carbons (Fsp3) is 0.278. The predicted molar refractivity (Wildman–Crippen MR) is 97.5 cm³/mol. The van der Waals surface area contributed by atoms with Crippen LogP contribution in [0.2, 0.25) is 0 Å². The lowest BCUT2D eigenvalue weighted by molar-refractivity contribution is 0.0538. The molecule has 2 heterocycles. The highest BCUT2D eigenvalue weighted by molar-refractivity contribution is 7.89. The summed E-state index contributed by atoms with van der Waals surface area (Å²) in [6.07, 6.45) is 3.78. The van der Waals surface area contributed by atoms with Crippen molar-refractivity contribution in [1.29, 1.82) is 0 Å². The fourth-order valence-corrected chi connectivity index (χ4v) is 4.68. The number of nitrogens with zero attached hydrogens (tertiary/aromatic N) is 3. The maximum absolute atomic E-state index is 13.0. The Morgan fingerprint density at radius 3 is 2.37 bits per heavy atom. The Balaban J connectivity index is 1.90. The number of alkyl halides is 2. The van der Waals surface area contributed by atoms with Gasteiger partial charge in [0.1, 0.15) is 4.90 Å². The van der Waals surface area contributed by atoms with E-state index in [-0.39, 0.29) is 16.3 Å². The molecule has 0 amide bonds. The fourth-order valence-electron chi connectivity index (χ4n) is 3.05.